The van der Waals surface area contributed by atoms with Crippen molar-refractivity contribution in [1.29, 1.82) is 0 Å². The van der Waals surface area contributed by atoms with Crippen LogP contribution in [0, 0.1) is 0 Å². The van der Waals surface area contributed by atoms with E-state index in [1.54, 1.807) is 12.1 Å². The third-order valence-electron chi connectivity index (χ3n) is 4.26. The van der Waals surface area contributed by atoms with Crippen LogP contribution in [-0.4, -0.2) is 35.6 Å². The van der Waals surface area contributed by atoms with E-state index < -0.39 is 12.0 Å². The van der Waals surface area contributed by atoms with E-state index in [1.165, 1.54) is 12.5 Å². The minimum absolute atomic E-state index is 0.00723. The molecule has 26 heavy (non-hydrogen) atoms. The number of carbonyl (C=O) groups is 3. The molecule has 1 aromatic rings. The highest BCUT2D eigenvalue weighted by Crippen LogP contribution is 2.22. The van der Waals surface area contributed by atoms with Crippen LogP contribution in [0.15, 0.2) is 18.2 Å². The zero-order valence-electron chi connectivity index (χ0n) is 14.5. The Kier molecular flexibility index (Phi) is 7.72. The Morgan fingerprint density at radius 1 is 1.15 bits per heavy atom. The van der Waals surface area contributed by atoms with Crippen molar-refractivity contribution in [2.75, 3.05) is 11.9 Å². The second kappa shape index (κ2) is 10.0. The largest absolute Gasteiger partial charge is 0.481 e. The van der Waals surface area contributed by atoms with E-state index in [1.807, 2.05) is 0 Å². The topological polar surface area (TPSA) is 108 Å². The molecule has 0 bridgehead atoms. The van der Waals surface area contributed by atoms with Crippen LogP contribution in [0.25, 0.3) is 0 Å². The first-order chi connectivity index (χ1) is 12.5. The number of carbonyl (C=O) groups excluding carboxylic acids is 2. The summed E-state index contributed by atoms with van der Waals surface area (Å²) in [4.78, 5) is 34.7. The van der Waals surface area contributed by atoms with Crippen LogP contribution in [-0.2, 0) is 4.79 Å². The number of amides is 3. The molecule has 0 unspecified atom stereocenters. The van der Waals surface area contributed by atoms with E-state index in [9.17, 15) is 14.4 Å². The number of benzene rings is 1. The second-order valence-corrected chi connectivity index (χ2v) is 6.79. The fraction of sp³-hybridized carbons (Fsp3) is 0.500. The van der Waals surface area contributed by atoms with E-state index in [4.69, 9.17) is 16.7 Å². The summed E-state index contributed by atoms with van der Waals surface area (Å²) in [7, 11) is 0. The minimum atomic E-state index is -0.904. The van der Waals surface area contributed by atoms with Crippen LogP contribution in [0.4, 0.5) is 10.5 Å². The monoisotopic (exact) mass is 381 g/mol. The highest BCUT2D eigenvalue weighted by Gasteiger charge is 2.18. The smallest absolute Gasteiger partial charge is 0.319 e. The zero-order valence-corrected chi connectivity index (χ0v) is 15.3. The van der Waals surface area contributed by atoms with E-state index in [2.05, 4.69) is 16.0 Å². The predicted octanol–water partition coefficient (Wildman–Crippen LogP) is 3.39. The van der Waals surface area contributed by atoms with E-state index >= 15 is 0 Å². The molecule has 4 N–H and O–H groups in total. The Balaban J connectivity index is 1.90. The van der Waals surface area contributed by atoms with Crippen molar-refractivity contribution in [3.05, 3.63) is 28.8 Å². The van der Waals surface area contributed by atoms with E-state index in [0.717, 1.165) is 25.7 Å². The lowest BCUT2D eigenvalue weighted by atomic mass is 9.95. The zero-order chi connectivity index (χ0) is 18.9. The van der Waals surface area contributed by atoms with Crippen molar-refractivity contribution in [1.82, 2.24) is 10.6 Å². The molecule has 0 radical (unpaired) electrons. The quantitative estimate of drug-likeness (QED) is 0.543. The van der Waals surface area contributed by atoms with Gasteiger partial charge in [0, 0.05) is 24.7 Å². The average molecular weight is 382 g/mol. The number of aliphatic carboxylic acids is 1. The number of hydrogen-bond donors (Lipinski definition) is 4. The predicted molar refractivity (Wildman–Crippen MR) is 99.7 cm³/mol. The van der Waals surface area contributed by atoms with Crippen molar-refractivity contribution in [2.45, 2.75) is 51.0 Å². The summed E-state index contributed by atoms with van der Waals surface area (Å²) in [5, 5.41) is 17.1. The lowest BCUT2D eigenvalue weighted by Gasteiger charge is -2.23. The van der Waals surface area contributed by atoms with Crippen LogP contribution in [0.1, 0.15) is 55.3 Å². The number of urea groups is 1. The molecular weight excluding hydrogens is 358 g/mol. The van der Waals surface area contributed by atoms with E-state index in [-0.39, 0.29) is 24.9 Å². The molecule has 1 saturated carbocycles. The molecule has 1 aliphatic rings. The van der Waals surface area contributed by atoms with Crippen molar-refractivity contribution in [3.8, 4) is 0 Å². The number of rotatable bonds is 7. The lowest BCUT2D eigenvalue weighted by molar-refractivity contribution is -0.137. The SMILES string of the molecule is O=C(O)CCCNC(=O)Nc1ccc(Cl)c(C(=O)NC2CCCCC2)c1. The van der Waals surface area contributed by atoms with Crippen molar-refractivity contribution < 1.29 is 19.5 Å². The van der Waals surface area contributed by atoms with Gasteiger partial charge in [0.15, 0.2) is 0 Å². The molecule has 1 aromatic carbocycles. The number of hydrogen-bond acceptors (Lipinski definition) is 3. The summed E-state index contributed by atoms with van der Waals surface area (Å²) in [5.41, 5.74) is 0.764. The van der Waals surface area contributed by atoms with Crippen LogP contribution < -0.4 is 16.0 Å². The molecule has 0 aromatic heterocycles. The minimum Gasteiger partial charge on any atom is -0.481 e. The summed E-state index contributed by atoms with van der Waals surface area (Å²) in [6.07, 6.45) is 5.71. The van der Waals surface area contributed by atoms with Crippen LogP contribution in [0.5, 0.6) is 0 Å². The molecule has 0 spiro atoms. The Labute approximate surface area is 157 Å². The van der Waals surface area contributed by atoms with Gasteiger partial charge in [0.25, 0.3) is 5.91 Å². The van der Waals surface area contributed by atoms with Crippen molar-refractivity contribution in [2.24, 2.45) is 0 Å². The van der Waals surface area contributed by atoms with Crippen molar-refractivity contribution >= 4 is 35.2 Å². The van der Waals surface area contributed by atoms with Gasteiger partial charge in [-0.25, -0.2) is 4.79 Å². The Hall–Kier alpha value is -2.28. The van der Waals surface area contributed by atoms with Crippen LogP contribution in [0.3, 0.4) is 0 Å². The fourth-order valence-corrected chi connectivity index (χ4v) is 3.11. The van der Waals surface area contributed by atoms with Gasteiger partial charge in [-0.3, -0.25) is 9.59 Å². The Bertz CT molecular complexity index is 660. The molecule has 8 heteroatoms. The van der Waals surface area contributed by atoms with Crippen molar-refractivity contribution in [3.63, 3.8) is 0 Å². The molecule has 2 rings (SSSR count). The summed E-state index contributed by atoms with van der Waals surface area (Å²) < 4.78 is 0. The maximum absolute atomic E-state index is 12.5. The normalized spacial score (nSPS) is 14.5. The molecule has 3 amide bonds. The Morgan fingerprint density at radius 2 is 1.88 bits per heavy atom. The standard InChI is InChI=1S/C18H24ClN3O4/c19-15-9-8-13(22-18(26)20-10-4-7-16(23)24)11-14(15)17(25)21-12-5-2-1-3-6-12/h8-9,11-12H,1-7,10H2,(H,21,25)(H,23,24)(H2,20,22,26). The highest BCUT2D eigenvalue weighted by molar-refractivity contribution is 6.34. The molecule has 0 atom stereocenters. The summed E-state index contributed by atoms with van der Waals surface area (Å²) in [5.74, 6) is -1.15. The van der Waals surface area contributed by atoms with Crippen LogP contribution >= 0.6 is 11.6 Å². The molecule has 7 nitrogen and oxygen atoms in total. The van der Waals surface area contributed by atoms with Gasteiger partial charge in [0.05, 0.1) is 10.6 Å². The molecule has 0 heterocycles. The lowest BCUT2D eigenvalue weighted by Crippen LogP contribution is -2.36. The number of carboxylic acid groups (broad SMARTS) is 1. The van der Waals surface area contributed by atoms with E-state index in [0.29, 0.717) is 22.7 Å². The van der Waals surface area contributed by atoms with Gasteiger partial charge < -0.3 is 21.1 Å². The number of anilines is 1. The van der Waals surface area contributed by atoms with Gasteiger partial charge in [0.1, 0.15) is 0 Å². The maximum Gasteiger partial charge on any atom is 0.319 e. The van der Waals surface area contributed by atoms with Gasteiger partial charge >= 0.3 is 12.0 Å². The maximum atomic E-state index is 12.5. The first kappa shape index (κ1) is 20.0. The number of carboxylic acids is 1. The molecule has 1 fully saturated rings. The highest BCUT2D eigenvalue weighted by atomic mass is 35.5. The third-order valence-corrected chi connectivity index (χ3v) is 4.59. The van der Waals surface area contributed by atoms with Gasteiger partial charge in [0.2, 0.25) is 0 Å². The van der Waals surface area contributed by atoms with Gasteiger partial charge in [-0.15, -0.1) is 0 Å². The molecule has 0 aliphatic heterocycles. The summed E-state index contributed by atoms with van der Waals surface area (Å²) in [6.45, 7) is 0.251. The first-order valence-corrected chi connectivity index (χ1v) is 9.20. The summed E-state index contributed by atoms with van der Waals surface area (Å²) >= 11 is 6.13. The number of halogens is 1. The second-order valence-electron chi connectivity index (χ2n) is 6.38. The molecule has 0 saturated heterocycles. The first-order valence-electron chi connectivity index (χ1n) is 8.83. The Morgan fingerprint density at radius 3 is 2.58 bits per heavy atom. The van der Waals surface area contributed by atoms with Crippen LogP contribution in [0.2, 0.25) is 5.02 Å². The molecular formula is C18H24ClN3O4. The number of nitrogens with one attached hydrogen (secondary N) is 3. The van der Waals surface area contributed by atoms with Gasteiger partial charge in [-0.1, -0.05) is 30.9 Å². The summed E-state index contributed by atoms with van der Waals surface area (Å²) in [6, 6.07) is 4.42. The van der Waals surface area contributed by atoms with Gasteiger partial charge in [-0.05, 0) is 37.5 Å². The molecule has 1 aliphatic carbocycles. The van der Waals surface area contributed by atoms with Gasteiger partial charge in [-0.2, -0.15) is 0 Å². The fourth-order valence-electron chi connectivity index (χ4n) is 2.90. The average Bonchev–Trinajstić information content (AvgIpc) is 2.61. The third kappa shape index (κ3) is 6.55. The molecule has 142 valence electrons.